The molecule has 0 saturated heterocycles. The highest BCUT2D eigenvalue weighted by Crippen LogP contribution is 2.43. The maximum Gasteiger partial charge on any atom is 0.328 e. The molecule has 25 heavy (non-hydrogen) atoms. The first-order valence-electron chi connectivity index (χ1n) is 9.07. The zero-order valence-electron chi connectivity index (χ0n) is 15.5. The standard InChI is InChI=1S/C18H28N4O3/c1-11-5-13(8-18(3,4)7-11)6-16(23)22-10-15-20-19-12(2)21(15)9-14(22)17(24)25/h11,13-14H,5-10H2,1-4H3,(H,24,25). The van der Waals surface area contributed by atoms with E-state index in [-0.39, 0.29) is 24.4 Å². The van der Waals surface area contributed by atoms with Gasteiger partial charge in [-0.2, -0.15) is 0 Å². The topological polar surface area (TPSA) is 88.3 Å². The molecule has 0 spiro atoms. The van der Waals surface area contributed by atoms with Crippen LogP contribution >= 0.6 is 0 Å². The molecular weight excluding hydrogens is 320 g/mol. The van der Waals surface area contributed by atoms with Crippen LogP contribution in [0.2, 0.25) is 0 Å². The number of hydrogen-bond acceptors (Lipinski definition) is 4. The molecular formula is C18H28N4O3. The van der Waals surface area contributed by atoms with Crippen LogP contribution in [-0.4, -0.2) is 42.7 Å². The molecule has 1 aliphatic heterocycles. The highest BCUT2D eigenvalue weighted by atomic mass is 16.4. The quantitative estimate of drug-likeness (QED) is 0.905. The average molecular weight is 348 g/mol. The summed E-state index contributed by atoms with van der Waals surface area (Å²) < 4.78 is 1.80. The van der Waals surface area contributed by atoms with Gasteiger partial charge in [-0.25, -0.2) is 4.79 Å². The van der Waals surface area contributed by atoms with Crippen molar-refractivity contribution in [3.8, 4) is 0 Å². The van der Waals surface area contributed by atoms with Crippen LogP contribution in [0.3, 0.4) is 0 Å². The zero-order chi connectivity index (χ0) is 18.4. The fourth-order valence-electron chi connectivity index (χ4n) is 4.85. The lowest BCUT2D eigenvalue weighted by atomic mass is 9.67. The smallest absolute Gasteiger partial charge is 0.328 e. The summed E-state index contributed by atoms with van der Waals surface area (Å²) in [4.78, 5) is 26.1. The number of aromatic nitrogens is 3. The van der Waals surface area contributed by atoms with Gasteiger partial charge in [0, 0.05) is 6.42 Å². The van der Waals surface area contributed by atoms with Gasteiger partial charge in [0.05, 0.1) is 13.1 Å². The van der Waals surface area contributed by atoms with Gasteiger partial charge in [0.25, 0.3) is 0 Å². The van der Waals surface area contributed by atoms with Gasteiger partial charge in [0.1, 0.15) is 11.9 Å². The lowest BCUT2D eigenvalue weighted by Crippen LogP contribution is -2.51. The van der Waals surface area contributed by atoms with E-state index in [1.165, 1.54) is 11.3 Å². The molecule has 1 N–H and O–H groups in total. The number of nitrogens with zero attached hydrogens (tertiary/aromatic N) is 4. The maximum atomic E-state index is 12.9. The van der Waals surface area contributed by atoms with E-state index < -0.39 is 12.0 Å². The number of fused-ring (bicyclic) bond motifs is 1. The van der Waals surface area contributed by atoms with Crippen molar-refractivity contribution >= 4 is 11.9 Å². The van der Waals surface area contributed by atoms with E-state index in [1.807, 2.05) is 0 Å². The molecule has 1 fully saturated rings. The van der Waals surface area contributed by atoms with E-state index >= 15 is 0 Å². The van der Waals surface area contributed by atoms with Gasteiger partial charge in [0.2, 0.25) is 5.91 Å². The summed E-state index contributed by atoms with van der Waals surface area (Å²) in [5, 5.41) is 17.7. The molecule has 7 heteroatoms. The normalized spacial score (nSPS) is 28.5. The van der Waals surface area contributed by atoms with Crippen molar-refractivity contribution in [1.29, 1.82) is 0 Å². The average Bonchev–Trinajstić information content (AvgIpc) is 2.84. The molecule has 2 heterocycles. The minimum absolute atomic E-state index is 0.0748. The molecule has 3 unspecified atom stereocenters. The molecule has 0 aromatic carbocycles. The predicted octanol–water partition coefficient (Wildman–Crippen LogP) is 2.23. The van der Waals surface area contributed by atoms with E-state index in [2.05, 4.69) is 31.0 Å². The Labute approximate surface area is 148 Å². The molecule has 1 amide bonds. The van der Waals surface area contributed by atoms with Crippen molar-refractivity contribution in [2.75, 3.05) is 0 Å². The molecule has 138 valence electrons. The van der Waals surface area contributed by atoms with Gasteiger partial charge >= 0.3 is 5.97 Å². The highest BCUT2D eigenvalue weighted by molar-refractivity contribution is 5.84. The third-order valence-corrected chi connectivity index (χ3v) is 5.60. The van der Waals surface area contributed by atoms with Gasteiger partial charge in [-0.15, -0.1) is 10.2 Å². The summed E-state index contributed by atoms with van der Waals surface area (Å²) in [5.74, 6) is 1.24. The molecule has 0 radical (unpaired) electrons. The van der Waals surface area contributed by atoms with Crippen LogP contribution in [0.15, 0.2) is 0 Å². The Morgan fingerprint density at radius 2 is 2.00 bits per heavy atom. The van der Waals surface area contributed by atoms with E-state index in [4.69, 9.17) is 0 Å². The van der Waals surface area contributed by atoms with Crippen molar-refractivity contribution < 1.29 is 14.7 Å². The minimum atomic E-state index is -0.968. The van der Waals surface area contributed by atoms with Crippen LogP contribution in [-0.2, 0) is 22.7 Å². The number of carboxylic acids is 1. The van der Waals surface area contributed by atoms with Crippen molar-refractivity contribution in [2.45, 2.75) is 72.5 Å². The lowest BCUT2D eigenvalue weighted by Gasteiger charge is -2.40. The Morgan fingerprint density at radius 3 is 2.64 bits per heavy atom. The van der Waals surface area contributed by atoms with Gasteiger partial charge in [-0.05, 0) is 43.4 Å². The highest BCUT2D eigenvalue weighted by Gasteiger charge is 2.39. The lowest BCUT2D eigenvalue weighted by molar-refractivity contribution is -0.153. The van der Waals surface area contributed by atoms with Crippen LogP contribution in [0.1, 0.15) is 58.1 Å². The number of carbonyl (C=O) groups is 2. The van der Waals surface area contributed by atoms with Crippen LogP contribution < -0.4 is 0 Å². The molecule has 1 aromatic rings. The van der Waals surface area contributed by atoms with Gasteiger partial charge < -0.3 is 14.6 Å². The number of aryl methyl sites for hydroxylation is 1. The van der Waals surface area contributed by atoms with Crippen molar-refractivity contribution in [3.05, 3.63) is 11.6 Å². The van der Waals surface area contributed by atoms with Crippen molar-refractivity contribution in [3.63, 3.8) is 0 Å². The van der Waals surface area contributed by atoms with Crippen molar-refractivity contribution in [2.24, 2.45) is 17.3 Å². The number of amides is 1. The van der Waals surface area contributed by atoms with Gasteiger partial charge in [-0.3, -0.25) is 4.79 Å². The number of carbonyl (C=O) groups excluding carboxylic acids is 1. The molecule has 0 bridgehead atoms. The second-order valence-corrected chi connectivity index (χ2v) is 8.63. The first-order chi connectivity index (χ1) is 11.7. The molecule has 1 saturated carbocycles. The van der Waals surface area contributed by atoms with Crippen LogP contribution in [0.4, 0.5) is 0 Å². The Morgan fingerprint density at radius 1 is 1.28 bits per heavy atom. The Kier molecular flexibility index (Phi) is 4.60. The van der Waals surface area contributed by atoms with Gasteiger partial charge in [0.15, 0.2) is 5.82 Å². The predicted molar refractivity (Wildman–Crippen MR) is 91.6 cm³/mol. The molecule has 7 nitrogen and oxygen atoms in total. The molecule has 1 aromatic heterocycles. The van der Waals surface area contributed by atoms with E-state index in [0.717, 1.165) is 12.8 Å². The summed E-state index contributed by atoms with van der Waals surface area (Å²) in [6.45, 7) is 9.01. The Bertz CT molecular complexity index is 682. The zero-order valence-corrected chi connectivity index (χ0v) is 15.5. The largest absolute Gasteiger partial charge is 0.480 e. The van der Waals surface area contributed by atoms with Crippen molar-refractivity contribution in [1.82, 2.24) is 19.7 Å². The number of hydrogen-bond donors (Lipinski definition) is 1. The summed E-state index contributed by atoms with van der Waals surface area (Å²) in [6, 6.07) is -0.844. The van der Waals surface area contributed by atoms with Crippen LogP contribution in [0.5, 0.6) is 0 Å². The summed E-state index contributed by atoms with van der Waals surface area (Å²) in [6.07, 6.45) is 3.66. The number of carboxylic acid groups (broad SMARTS) is 1. The third kappa shape index (κ3) is 3.70. The molecule has 1 aliphatic carbocycles. The fraction of sp³-hybridized carbons (Fsp3) is 0.778. The minimum Gasteiger partial charge on any atom is -0.480 e. The summed E-state index contributed by atoms with van der Waals surface area (Å²) >= 11 is 0. The first kappa shape index (κ1) is 17.9. The third-order valence-electron chi connectivity index (χ3n) is 5.60. The van der Waals surface area contributed by atoms with E-state index in [1.54, 1.807) is 11.5 Å². The second kappa shape index (κ2) is 6.42. The van der Waals surface area contributed by atoms with E-state index in [0.29, 0.717) is 29.9 Å². The summed E-state index contributed by atoms with van der Waals surface area (Å²) in [7, 11) is 0. The number of rotatable bonds is 3. The number of aliphatic carboxylic acids is 1. The SMILES string of the molecule is Cc1nnc2n1CC(C(=O)O)N(C(=O)CC1CC(C)CC(C)(C)C1)C2. The molecule has 2 aliphatic rings. The molecule has 3 atom stereocenters. The van der Waals surface area contributed by atoms with E-state index in [9.17, 15) is 14.7 Å². The first-order valence-corrected chi connectivity index (χ1v) is 9.07. The van der Waals surface area contributed by atoms with Crippen LogP contribution in [0.25, 0.3) is 0 Å². The monoisotopic (exact) mass is 348 g/mol. The fourth-order valence-corrected chi connectivity index (χ4v) is 4.85. The van der Waals surface area contributed by atoms with Crippen LogP contribution in [0, 0.1) is 24.2 Å². The maximum absolute atomic E-state index is 12.9. The Hall–Kier alpha value is -1.92. The molecule has 3 rings (SSSR count). The second-order valence-electron chi connectivity index (χ2n) is 8.63. The Balaban J connectivity index is 1.75. The van der Waals surface area contributed by atoms with Gasteiger partial charge in [-0.1, -0.05) is 20.8 Å². The summed E-state index contributed by atoms with van der Waals surface area (Å²) in [5.41, 5.74) is 0.244.